The number of amides is 2. The van der Waals surface area contributed by atoms with Crippen molar-refractivity contribution in [2.75, 3.05) is 16.8 Å². The molecule has 0 bridgehead atoms. The molecule has 1 heterocycles. The van der Waals surface area contributed by atoms with Gasteiger partial charge in [0.05, 0.1) is 0 Å². The molecule has 136 valence electrons. The maximum absolute atomic E-state index is 12.2. The molecule has 2 aromatic rings. The number of halogens is 3. The molecule has 2 aromatic carbocycles. The van der Waals surface area contributed by atoms with E-state index in [9.17, 15) is 22.8 Å². The summed E-state index contributed by atoms with van der Waals surface area (Å²) in [5.41, 5.74) is 1.44. The molecule has 5 nitrogen and oxygen atoms in total. The molecule has 0 saturated carbocycles. The van der Waals surface area contributed by atoms with Gasteiger partial charge >= 0.3 is 6.36 Å². The fraction of sp³-hybridized carbons (Fsp3) is 0.222. The molecule has 3 rings (SSSR count). The van der Waals surface area contributed by atoms with Crippen molar-refractivity contribution in [3.05, 3.63) is 54.1 Å². The normalized spacial score (nSPS) is 14.4. The van der Waals surface area contributed by atoms with Gasteiger partial charge in [0.1, 0.15) is 5.75 Å². The van der Waals surface area contributed by atoms with E-state index in [1.807, 2.05) is 0 Å². The third-order valence-electron chi connectivity index (χ3n) is 3.86. The Labute approximate surface area is 147 Å². The minimum absolute atomic E-state index is 0.0587. The Morgan fingerprint density at radius 3 is 2.23 bits per heavy atom. The zero-order valence-corrected chi connectivity index (χ0v) is 13.5. The van der Waals surface area contributed by atoms with Gasteiger partial charge in [-0.15, -0.1) is 13.2 Å². The van der Waals surface area contributed by atoms with Crippen LogP contribution in [0.1, 0.15) is 23.2 Å². The predicted octanol–water partition coefficient (Wildman–Crippen LogP) is 3.96. The Kier molecular flexibility index (Phi) is 4.83. The number of nitrogens with zero attached hydrogens (tertiary/aromatic N) is 1. The van der Waals surface area contributed by atoms with Crippen LogP contribution in [0.4, 0.5) is 24.5 Å². The van der Waals surface area contributed by atoms with Crippen molar-refractivity contribution < 1.29 is 27.5 Å². The maximum Gasteiger partial charge on any atom is 0.573 e. The minimum Gasteiger partial charge on any atom is -0.406 e. The van der Waals surface area contributed by atoms with Crippen LogP contribution in [-0.4, -0.2) is 24.7 Å². The highest BCUT2D eigenvalue weighted by Gasteiger charge is 2.31. The smallest absolute Gasteiger partial charge is 0.406 e. The summed E-state index contributed by atoms with van der Waals surface area (Å²) < 4.78 is 40.1. The molecule has 1 N–H and O–H groups in total. The van der Waals surface area contributed by atoms with Crippen LogP contribution in [0.15, 0.2) is 48.5 Å². The molecule has 0 atom stereocenters. The van der Waals surface area contributed by atoms with Gasteiger partial charge in [-0.25, -0.2) is 0 Å². The molecule has 1 aliphatic heterocycles. The van der Waals surface area contributed by atoms with Crippen molar-refractivity contribution in [3.63, 3.8) is 0 Å². The number of carbonyl (C=O) groups is 2. The van der Waals surface area contributed by atoms with Gasteiger partial charge in [0, 0.05) is 29.9 Å². The Hall–Kier alpha value is -3.03. The molecule has 8 heteroatoms. The molecule has 1 aliphatic rings. The summed E-state index contributed by atoms with van der Waals surface area (Å²) in [5.74, 6) is -0.715. The fourth-order valence-corrected chi connectivity index (χ4v) is 2.66. The van der Waals surface area contributed by atoms with Crippen molar-refractivity contribution >= 4 is 23.2 Å². The zero-order chi connectivity index (χ0) is 18.7. The van der Waals surface area contributed by atoms with E-state index in [0.29, 0.717) is 24.2 Å². The molecule has 0 spiro atoms. The van der Waals surface area contributed by atoms with E-state index in [-0.39, 0.29) is 11.7 Å². The minimum atomic E-state index is -4.76. The number of hydrogen-bond donors (Lipinski definition) is 1. The van der Waals surface area contributed by atoms with E-state index in [0.717, 1.165) is 24.2 Å². The average Bonchev–Trinajstić information content (AvgIpc) is 3.01. The number of rotatable bonds is 4. The van der Waals surface area contributed by atoms with Crippen LogP contribution in [-0.2, 0) is 4.79 Å². The highest BCUT2D eigenvalue weighted by atomic mass is 19.4. The Balaban J connectivity index is 1.63. The van der Waals surface area contributed by atoms with Gasteiger partial charge in [-0.1, -0.05) is 0 Å². The lowest BCUT2D eigenvalue weighted by atomic mass is 10.1. The second-order valence-corrected chi connectivity index (χ2v) is 5.72. The van der Waals surface area contributed by atoms with Crippen LogP contribution in [0, 0.1) is 0 Å². The monoisotopic (exact) mass is 364 g/mol. The first-order chi connectivity index (χ1) is 12.3. The number of benzene rings is 2. The first-order valence-corrected chi connectivity index (χ1v) is 7.89. The van der Waals surface area contributed by atoms with Gasteiger partial charge < -0.3 is 15.0 Å². The van der Waals surface area contributed by atoms with Crippen molar-refractivity contribution in [1.82, 2.24) is 0 Å². The molecule has 0 radical (unpaired) electrons. The molecule has 0 aliphatic carbocycles. The molecule has 26 heavy (non-hydrogen) atoms. The SMILES string of the molecule is O=C(Nc1ccc(OC(F)(F)F)cc1)c1ccc(N2CCCC2=O)cc1. The number of hydrogen-bond acceptors (Lipinski definition) is 3. The summed E-state index contributed by atoms with van der Waals surface area (Å²) in [5, 5.41) is 2.59. The highest BCUT2D eigenvalue weighted by Crippen LogP contribution is 2.25. The van der Waals surface area contributed by atoms with Crippen LogP contribution in [0.3, 0.4) is 0 Å². The quantitative estimate of drug-likeness (QED) is 0.893. The van der Waals surface area contributed by atoms with E-state index >= 15 is 0 Å². The first-order valence-electron chi connectivity index (χ1n) is 7.89. The standard InChI is InChI=1S/C18H15F3N2O3/c19-18(20,21)26-15-9-5-13(6-10-15)22-17(25)12-3-7-14(8-4-12)23-11-1-2-16(23)24/h3-10H,1-2,11H2,(H,22,25). The van der Waals surface area contributed by atoms with E-state index in [1.165, 1.54) is 12.1 Å². The molecule has 0 unspecified atom stereocenters. The van der Waals surface area contributed by atoms with Crippen molar-refractivity contribution in [2.45, 2.75) is 19.2 Å². The van der Waals surface area contributed by atoms with Crippen molar-refractivity contribution in [3.8, 4) is 5.75 Å². The molecule has 1 fully saturated rings. The third kappa shape index (κ3) is 4.33. The van der Waals surface area contributed by atoms with Gasteiger partial charge in [-0.3, -0.25) is 9.59 Å². The number of nitrogens with one attached hydrogen (secondary N) is 1. The Bertz CT molecular complexity index is 802. The second kappa shape index (κ2) is 7.07. The topological polar surface area (TPSA) is 58.6 Å². The van der Waals surface area contributed by atoms with Gasteiger partial charge in [-0.05, 0) is 55.0 Å². The van der Waals surface area contributed by atoms with Crippen LogP contribution in [0.5, 0.6) is 5.75 Å². The summed E-state index contributed by atoms with van der Waals surface area (Å²) >= 11 is 0. The summed E-state index contributed by atoms with van der Waals surface area (Å²) in [7, 11) is 0. The van der Waals surface area contributed by atoms with E-state index < -0.39 is 12.3 Å². The lowest BCUT2D eigenvalue weighted by molar-refractivity contribution is -0.274. The maximum atomic E-state index is 12.2. The van der Waals surface area contributed by atoms with Gasteiger partial charge in [0.2, 0.25) is 5.91 Å². The van der Waals surface area contributed by atoms with E-state index in [1.54, 1.807) is 29.2 Å². The zero-order valence-electron chi connectivity index (χ0n) is 13.5. The highest BCUT2D eigenvalue weighted by molar-refractivity contribution is 6.04. The molecule has 1 saturated heterocycles. The number of alkyl halides is 3. The third-order valence-corrected chi connectivity index (χ3v) is 3.86. The van der Waals surface area contributed by atoms with Crippen molar-refractivity contribution in [1.29, 1.82) is 0 Å². The van der Waals surface area contributed by atoms with E-state index in [2.05, 4.69) is 10.1 Å². The summed E-state index contributed by atoms with van der Waals surface area (Å²) in [4.78, 5) is 25.6. The van der Waals surface area contributed by atoms with Crippen LogP contribution >= 0.6 is 0 Å². The molecular weight excluding hydrogens is 349 g/mol. The second-order valence-electron chi connectivity index (χ2n) is 5.72. The van der Waals surface area contributed by atoms with Gasteiger partial charge in [0.15, 0.2) is 0 Å². The summed E-state index contributed by atoms with van der Waals surface area (Å²) in [6.07, 6.45) is -3.42. The Morgan fingerprint density at radius 1 is 1.04 bits per heavy atom. The van der Waals surface area contributed by atoms with Crippen LogP contribution in [0.25, 0.3) is 0 Å². The molecule has 0 aromatic heterocycles. The number of anilines is 2. The van der Waals surface area contributed by atoms with Gasteiger partial charge in [0.25, 0.3) is 5.91 Å². The largest absolute Gasteiger partial charge is 0.573 e. The fourth-order valence-electron chi connectivity index (χ4n) is 2.66. The summed E-state index contributed by atoms with van der Waals surface area (Å²) in [6.45, 7) is 0.663. The average molecular weight is 364 g/mol. The first kappa shape index (κ1) is 17.8. The predicted molar refractivity (Wildman–Crippen MR) is 89.1 cm³/mol. The number of carbonyl (C=O) groups excluding carboxylic acids is 2. The Morgan fingerprint density at radius 2 is 1.69 bits per heavy atom. The van der Waals surface area contributed by atoms with E-state index in [4.69, 9.17) is 0 Å². The molecular formula is C18H15F3N2O3. The lowest BCUT2D eigenvalue weighted by Gasteiger charge is -2.15. The van der Waals surface area contributed by atoms with Crippen LogP contribution in [0.2, 0.25) is 0 Å². The summed E-state index contributed by atoms with van der Waals surface area (Å²) in [6, 6.07) is 11.4. The number of ether oxygens (including phenoxy) is 1. The van der Waals surface area contributed by atoms with Gasteiger partial charge in [-0.2, -0.15) is 0 Å². The molecule has 2 amide bonds. The van der Waals surface area contributed by atoms with Crippen molar-refractivity contribution in [2.24, 2.45) is 0 Å². The van der Waals surface area contributed by atoms with Crippen LogP contribution < -0.4 is 15.0 Å². The lowest BCUT2D eigenvalue weighted by Crippen LogP contribution is -2.23.